The van der Waals surface area contributed by atoms with E-state index in [0.29, 0.717) is 0 Å². The maximum Gasteiger partial charge on any atom is 0.0635 e. The van der Waals surface area contributed by atoms with Crippen LogP contribution >= 0.6 is 0 Å². The molecule has 2 nitrogen and oxygen atoms in total. The minimum Gasteiger partial charge on any atom is -0.256 e. The van der Waals surface area contributed by atoms with E-state index in [9.17, 15) is 0 Å². The largest absolute Gasteiger partial charge is 0.256 e. The molecule has 26 heavy (non-hydrogen) atoms. The van der Waals surface area contributed by atoms with Crippen LogP contribution in [0.4, 0.5) is 11.4 Å². The van der Waals surface area contributed by atoms with Gasteiger partial charge in [-0.3, -0.25) is 9.98 Å². The Balaban J connectivity index is 1.79. The number of benzene rings is 3. The molecule has 0 fully saturated rings. The van der Waals surface area contributed by atoms with Gasteiger partial charge in [0.05, 0.1) is 11.4 Å². The van der Waals surface area contributed by atoms with Crippen molar-refractivity contribution in [2.45, 2.75) is 27.7 Å². The van der Waals surface area contributed by atoms with Crippen molar-refractivity contribution in [2.75, 3.05) is 0 Å². The monoisotopic (exact) mass is 340 g/mol. The molecule has 0 saturated heterocycles. The lowest BCUT2D eigenvalue weighted by molar-refractivity contribution is 1.36. The summed E-state index contributed by atoms with van der Waals surface area (Å²) in [6.45, 7) is 8.37. The molecular weight excluding hydrogens is 316 g/mol. The lowest BCUT2D eigenvalue weighted by Crippen LogP contribution is -1.86. The predicted molar refractivity (Wildman–Crippen MR) is 113 cm³/mol. The highest BCUT2D eigenvalue weighted by Gasteiger charge is 1.96. The highest BCUT2D eigenvalue weighted by atomic mass is 14.7. The minimum atomic E-state index is 0.983. The first-order chi connectivity index (χ1) is 12.5. The van der Waals surface area contributed by atoms with Gasteiger partial charge in [-0.15, -0.1) is 0 Å². The van der Waals surface area contributed by atoms with E-state index in [1.807, 2.05) is 18.5 Å². The second-order valence-corrected chi connectivity index (χ2v) is 6.88. The number of hydrogen-bond donors (Lipinski definition) is 0. The highest BCUT2D eigenvalue weighted by Crippen LogP contribution is 2.18. The Labute approximate surface area is 156 Å². The molecule has 130 valence electrons. The van der Waals surface area contributed by atoms with Crippen LogP contribution in [0.3, 0.4) is 0 Å². The molecule has 3 rings (SSSR count). The maximum atomic E-state index is 4.61. The van der Waals surface area contributed by atoms with E-state index < -0.39 is 0 Å². The molecule has 0 spiro atoms. The van der Waals surface area contributed by atoms with Crippen LogP contribution in [-0.2, 0) is 0 Å². The molecule has 0 aliphatic heterocycles. The van der Waals surface area contributed by atoms with Crippen LogP contribution in [-0.4, -0.2) is 12.4 Å². The summed E-state index contributed by atoms with van der Waals surface area (Å²) >= 11 is 0. The van der Waals surface area contributed by atoms with E-state index >= 15 is 0 Å². The molecule has 0 atom stereocenters. The van der Waals surface area contributed by atoms with Crippen LogP contribution in [0.5, 0.6) is 0 Å². The number of hydrogen-bond acceptors (Lipinski definition) is 2. The maximum absolute atomic E-state index is 4.61. The van der Waals surface area contributed by atoms with Crippen molar-refractivity contribution in [3.63, 3.8) is 0 Å². The summed E-state index contributed by atoms with van der Waals surface area (Å²) < 4.78 is 0. The van der Waals surface area contributed by atoms with Crippen molar-refractivity contribution < 1.29 is 0 Å². The third kappa shape index (κ3) is 5.00. The fourth-order valence-electron chi connectivity index (χ4n) is 3.07. The summed E-state index contributed by atoms with van der Waals surface area (Å²) in [6, 6.07) is 20.9. The topological polar surface area (TPSA) is 24.7 Å². The standard InChI is InChI=1S/C24H24N2/c1-17-8-18(2)11-23(10-17)25-15-21-6-5-7-22(14-21)16-26-24-12-19(3)9-20(4)13-24/h5-16H,1-4H3. The van der Waals surface area contributed by atoms with Gasteiger partial charge in [0.1, 0.15) is 0 Å². The van der Waals surface area contributed by atoms with Gasteiger partial charge in [0.25, 0.3) is 0 Å². The van der Waals surface area contributed by atoms with Gasteiger partial charge in [0.2, 0.25) is 0 Å². The summed E-state index contributed by atoms with van der Waals surface area (Å²) in [6.07, 6.45) is 3.81. The van der Waals surface area contributed by atoms with Gasteiger partial charge in [0.15, 0.2) is 0 Å². The van der Waals surface area contributed by atoms with Crippen molar-refractivity contribution in [2.24, 2.45) is 9.98 Å². The van der Waals surface area contributed by atoms with Gasteiger partial charge in [-0.25, -0.2) is 0 Å². The quantitative estimate of drug-likeness (QED) is 0.489. The van der Waals surface area contributed by atoms with Crippen molar-refractivity contribution in [1.29, 1.82) is 0 Å². The smallest absolute Gasteiger partial charge is 0.0635 e. The van der Waals surface area contributed by atoms with Gasteiger partial charge in [-0.05, 0) is 91.4 Å². The van der Waals surface area contributed by atoms with E-state index in [-0.39, 0.29) is 0 Å². The third-order valence-electron chi connectivity index (χ3n) is 4.05. The number of rotatable bonds is 4. The van der Waals surface area contributed by atoms with Crippen LogP contribution in [0.2, 0.25) is 0 Å². The number of nitrogens with zero attached hydrogens (tertiary/aromatic N) is 2. The Hall–Kier alpha value is -3.00. The molecule has 0 N–H and O–H groups in total. The van der Waals surface area contributed by atoms with Crippen LogP contribution < -0.4 is 0 Å². The fraction of sp³-hybridized carbons (Fsp3) is 0.167. The molecule has 0 amide bonds. The average molecular weight is 340 g/mol. The molecular formula is C24H24N2. The van der Waals surface area contributed by atoms with Crippen LogP contribution in [0.15, 0.2) is 70.6 Å². The molecule has 0 saturated carbocycles. The normalized spacial score (nSPS) is 11.5. The second-order valence-electron chi connectivity index (χ2n) is 6.88. The number of aliphatic imine (C=N–C) groups is 2. The third-order valence-corrected chi connectivity index (χ3v) is 4.05. The lowest BCUT2D eigenvalue weighted by Gasteiger charge is -2.01. The molecule has 0 aromatic heterocycles. The lowest BCUT2D eigenvalue weighted by atomic mass is 10.1. The van der Waals surface area contributed by atoms with Gasteiger partial charge >= 0.3 is 0 Å². The molecule has 0 heterocycles. The summed E-state index contributed by atoms with van der Waals surface area (Å²) in [7, 11) is 0. The molecule has 0 radical (unpaired) electrons. The van der Waals surface area contributed by atoms with Crippen molar-refractivity contribution in [3.05, 3.63) is 94.0 Å². The molecule has 3 aromatic carbocycles. The van der Waals surface area contributed by atoms with Crippen LogP contribution in [0.25, 0.3) is 0 Å². The zero-order valence-corrected chi connectivity index (χ0v) is 15.8. The first kappa shape index (κ1) is 17.8. The second kappa shape index (κ2) is 7.92. The zero-order chi connectivity index (χ0) is 18.5. The van der Waals surface area contributed by atoms with E-state index in [1.54, 1.807) is 0 Å². The van der Waals surface area contributed by atoms with Crippen LogP contribution in [0.1, 0.15) is 33.4 Å². The van der Waals surface area contributed by atoms with E-state index in [0.717, 1.165) is 22.5 Å². The molecule has 3 aromatic rings. The van der Waals surface area contributed by atoms with Gasteiger partial charge in [-0.1, -0.05) is 30.3 Å². The van der Waals surface area contributed by atoms with Crippen molar-refractivity contribution >= 4 is 23.8 Å². The molecule has 0 aliphatic rings. The first-order valence-electron chi connectivity index (χ1n) is 8.83. The van der Waals surface area contributed by atoms with Crippen LogP contribution in [0, 0.1) is 27.7 Å². The summed E-state index contributed by atoms with van der Waals surface area (Å²) in [5.74, 6) is 0. The van der Waals surface area contributed by atoms with Crippen molar-refractivity contribution in [1.82, 2.24) is 0 Å². The Bertz CT molecular complexity index is 864. The number of aryl methyl sites for hydroxylation is 4. The Kier molecular flexibility index (Phi) is 5.43. The van der Waals surface area contributed by atoms with E-state index in [4.69, 9.17) is 0 Å². The SMILES string of the molecule is Cc1cc(C)cc(N=Cc2cccc(C=Nc3cc(C)cc(C)c3)c2)c1. The van der Waals surface area contributed by atoms with E-state index in [2.05, 4.69) is 92.3 Å². The minimum absolute atomic E-state index is 0.983. The summed E-state index contributed by atoms with van der Waals surface area (Å²) in [5.41, 5.74) is 9.01. The summed E-state index contributed by atoms with van der Waals surface area (Å²) in [4.78, 5) is 9.22. The van der Waals surface area contributed by atoms with Crippen molar-refractivity contribution in [3.8, 4) is 0 Å². The van der Waals surface area contributed by atoms with E-state index in [1.165, 1.54) is 22.3 Å². The zero-order valence-electron chi connectivity index (χ0n) is 15.8. The van der Waals surface area contributed by atoms with Gasteiger partial charge in [-0.2, -0.15) is 0 Å². The molecule has 2 heteroatoms. The Morgan fingerprint density at radius 1 is 0.538 bits per heavy atom. The first-order valence-corrected chi connectivity index (χ1v) is 8.83. The molecule has 0 aliphatic carbocycles. The van der Waals surface area contributed by atoms with Gasteiger partial charge < -0.3 is 0 Å². The Morgan fingerprint density at radius 2 is 0.923 bits per heavy atom. The molecule has 0 bridgehead atoms. The molecule has 0 unspecified atom stereocenters. The van der Waals surface area contributed by atoms with Gasteiger partial charge in [0, 0.05) is 12.4 Å². The predicted octanol–water partition coefficient (Wildman–Crippen LogP) is 6.42. The summed E-state index contributed by atoms with van der Waals surface area (Å²) in [5, 5.41) is 0. The Morgan fingerprint density at radius 3 is 1.31 bits per heavy atom. The fourth-order valence-corrected chi connectivity index (χ4v) is 3.07. The average Bonchev–Trinajstić information content (AvgIpc) is 2.57. The highest BCUT2D eigenvalue weighted by molar-refractivity contribution is 5.88.